The van der Waals surface area contributed by atoms with Gasteiger partial charge >= 0.3 is 6.03 Å². The molecule has 4 rings (SSSR count). The molecular formula is C22H22FN5O2. The smallest absolute Gasteiger partial charge is 0.317 e. The number of nitrogens with one attached hydrogen (secondary N) is 2. The molecule has 154 valence electrons. The lowest BCUT2D eigenvalue weighted by molar-refractivity contribution is 0.102. The van der Waals surface area contributed by atoms with E-state index in [1.807, 2.05) is 31.2 Å². The van der Waals surface area contributed by atoms with Gasteiger partial charge in [-0.3, -0.25) is 9.78 Å². The summed E-state index contributed by atoms with van der Waals surface area (Å²) in [6.07, 6.45) is 3.18. The Hall–Kier alpha value is -3.68. The number of anilines is 2. The van der Waals surface area contributed by atoms with Crippen LogP contribution in [0.1, 0.15) is 28.8 Å². The first-order valence-corrected chi connectivity index (χ1v) is 9.74. The number of benzene rings is 2. The highest BCUT2D eigenvalue weighted by Gasteiger charge is 2.35. The van der Waals surface area contributed by atoms with Gasteiger partial charge in [-0.2, -0.15) is 0 Å². The molecule has 3 amide bonds. The van der Waals surface area contributed by atoms with E-state index in [-0.39, 0.29) is 23.5 Å². The van der Waals surface area contributed by atoms with Crippen LogP contribution in [0, 0.1) is 5.82 Å². The molecule has 1 fully saturated rings. The highest BCUT2D eigenvalue weighted by atomic mass is 19.1. The number of urea groups is 1. The number of nitrogens with zero attached hydrogens (tertiary/aromatic N) is 2. The fraction of sp³-hybridized carbons (Fsp3) is 0.227. The zero-order valence-corrected chi connectivity index (χ0v) is 16.5. The van der Waals surface area contributed by atoms with Crippen LogP contribution in [0.2, 0.25) is 0 Å². The van der Waals surface area contributed by atoms with Gasteiger partial charge in [0.2, 0.25) is 0 Å². The third-order valence-electron chi connectivity index (χ3n) is 5.28. The second kappa shape index (κ2) is 7.98. The second-order valence-corrected chi connectivity index (χ2v) is 7.23. The van der Waals surface area contributed by atoms with Crippen molar-refractivity contribution in [2.45, 2.75) is 12.8 Å². The Balaban J connectivity index is 1.61. The van der Waals surface area contributed by atoms with Gasteiger partial charge in [0.1, 0.15) is 0 Å². The Kier molecular flexibility index (Phi) is 5.22. The predicted molar refractivity (Wildman–Crippen MR) is 114 cm³/mol. The number of carbonyl (C=O) groups is 2. The summed E-state index contributed by atoms with van der Waals surface area (Å²) in [5.41, 5.74) is 6.84. The van der Waals surface area contributed by atoms with Gasteiger partial charge in [-0.05, 0) is 24.4 Å². The molecule has 7 nitrogen and oxygen atoms in total. The molecule has 1 aromatic heterocycles. The lowest BCUT2D eigenvalue weighted by Gasteiger charge is -2.40. The molecule has 1 aliphatic heterocycles. The molecule has 30 heavy (non-hydrogen) atoms. The monoisotopic (exact) mass is 407 g/mol. The molecule has 0 aliphatic carbocycles. The van der Waals surface area contributed by atoms with Gasteiger partial charge in [0.05, 0.1) is 11.3 Å². The Bertz CT molecular complexity index is 1120. The van der Waals surface area contributed by atoms with Crippen molar-refractivity contribution in [3.8, 4) is 0 Å². The van der Waals surface area contributed by atoms with Crippen LogP contribution < -0.4 is 16.4 Å². The Morgan fingerprint density at radius 2 is 1.97 bits per heavy atom. The van der Waals surface area contributed by atoms with E-state index < -0.39 is 5.82 Å². The van der Waals surface area contributed by atoms with Crippen LogP contribution in [0.15, 0.2) is 48.8 Å². The van der Waals surface area contributed by atoms with Gasteiger partial charge < -0.3 is 21.3 Å². The highest BCUT2D eigenvalue weighted by molar-refractivity contribution is 6.12. The van der Waals surface area contributed by atoms with E-state index in [1.165, 1.54) is 12.3 Å². The van der Waals surface area contributed by atoms with Gasteiger partial charge in [0, 0.05) is 54.6 Å². The van der Waals surface area contributed by atoms with Gasteiger partial charge in [0.25, 0.3) is 5.91 Å². The van der Waals surface area contributed by atoms with E-state index >= 15 is 0 Å². The number of pyridine rings is 1. The lowest BCUT2D eigenvalue weighted by Crippen LogP contribution is -2.52. The number of hydrogen-bond acceptors (Lipinski definition) is 4. The maximum absolute atomic E-state index is 14.9. The molecule has 0 unspecified atom stereocenters. The van der Waals surface area contributed by atoms with Crippen LogP contribution in [-0.4, -0.2) is 41.5 Å². The summed E-state index contributed by atoms with van der Waals surface area (Å²) in [7, 11) is 0. The minimum Gasteiger partial charge on any atom is -0.396 e. The maximum atomic E-state index is 14.9. The minimum absolute atomic E-state index is 0.00582. The summed E-state index contributed by atoms with van der Waals surface area (Å²) in [6, 6.07) is 10.3. The van der Waals surface area contributed by atoms with Crippen molar-refractivity contribution in [1.82, 2.24) is 15.2 Å². The van der Waals surface area contributed by atoms with Crippen LogP contribution in [0.3, 0.4) is 0 Å². The molecule has 0 radical (unpaired) electrons. The quantitative estimate of drug-likeness (QED) is 0.578. The van der Waals surface area contributed by atoms with Gasteiger partial charge in [-0.15, -0.1) is 0 Å². The van der Waals surface area contributed by atoms with Crippen molar-refractivity contribution in [2.75, 3.05) is 30.7 Å². The molecule has 4 N–H and O–H groups in total. The maximum Gasteiger partial charge on any atom is 0.317 e. The van der Waals surface area contributed by atoms with E-state index in [0.29, 0.717) is 36.4 Å². The third kappa shape index (κ3) is 3.52. The standard InChI is InChI=1S/C22H22FN5O2/c1-2-26-22(30)28-11-14(12-28)19-18(8-7-17(24)20(19)23)27-21(29)16-10-25-9-13-5-3-4-6-15(13)16/h3-10,14H,2,11-12,24H2,1H3,(H,26,30)(H,27,29). The number of aromatic nitrogens is 1. The highest BCUT2D eigenvalue weighted by Crippen LogP contribution is 2.36. The van der Waals surface area contributed by atoms with Crippen molar-refractivity contribution in [2.24, 2.45) is 0 Å². The van der Waals surface area contributed by atoms with Crippen molar-refractivity contribution in [3.63, 3.8) is 0 Å². The molecule has 3 aromatic rings. The summed E-state index contributed by atoms with van der Waals surface area (Å²) < 4.78 is 14.9. The van der Waals surface area contributed by atoms with E-state index in [0.717, 1.165) is 10.8 Å². The SMILES string of the molecule is CCNC(=O)N1CC(c2c(NC(=O)c3cncc4ccccc34)ccc(N)c2F)C1. The number of rotatable bonds is 4. The van der Waals surface area contributed by atoms with Crippen LogP contribution in [0.4, 0.5) is 20.6 Å². The van der Waals surface area contributed by atoms with Crippen LogP contribution >= 0.6 is 0 Å². The summed E-state index contributed by atoms with van der Waals surface area (Å²) in [6.45, 7) is 3.06. The van der Waals surface area contributed by atoms with Gasteiger partial charge in [-0.25, -0.2) is 9.18 Å². The van der Waals surface area contributed by atoms with Crippen molar-refractivity contribution in [3.05, 3.63) is 65.7 Å². The molecule has 0 spiro atoms. The van der Waals surface area contributed by atoms with Crippen LogP contribution in [-0.2, 0) is 0 Å². The lowest BCUT2D eigenvalue weighted by atomic mass is 9.89. The van der Waals surface area contributed by atoms with Gasteiger partial charge in [0.15, 0.2) is 5.82 Å². The molecular weight excluding hydrogens is 385 g/mol. The Morgan fingerprint density at radius 3 is 2.73 bits per heavy atom. The Labute approximate surface area is 173 Å². The number of halogens is 1. The number of nitrogen functional groups attached to an aromatic ring is 1. The van der Waals surface area contributed by atoms with E-state index in [1.54, 1.807) is 17.2 Å². The van der Waals surface area contributed by atoms with Crippen LogP contribution in [0.25, 0.3) is 10.8 Å². The zero-order chi connectivity index (χ0) is 21.3. The number of amides is 3. The minimum atomic E-state index is -0.565. The van der Waals surface area contributed by atoms with E-state index in [9.17, 15) is 14.0 Å². The second-order valence-electron chi connectivity index (χ2n) is 7.23. The fourth-order valence-electron chi connectivity index (χ4n) is 3.70. The van der Waals surface area contributed by atoms with E-state index in [4.69, 9.17) is 5.73 Å². The fourth-order valence-corrected chi connectivity index (χ4v) is 3.70. The largest absolute Gasteiger partial charge is 0.396 e. The first-order valence-electron chi connectivity index (χ1n) is 9.74. The Morgan fingerprint density at radius 1 is 1.20 bits per heavy atom. The first-order chi connectivity index (χ1) is 14.5. The summed E-state index contributed by atoms with van der Waals surface area (Å²) in [5.74, 6) is -1.20. The van der Waals surface area contributed by atoms with Crippen LogP contribution in [0.5, 0.6) is 0 Å². The summed E-state index contributed by atoms with van der Waals surface area (Å²) >= 11 is 0. The van der Waals surface area contributed by atoms with Crippen molar-refractivity contribution < 1.29 is 14.0 Å². The molecule has 2 aromatic carbocycles. The molecule has 0 atom stereocenters. The summed E-state index contributed by atoms with van der Waals surface area (Å²) in [5, 5.41) is 7.13. The molecule has 8 heteroatoms. The van der Waals surface area contributed by atoms with Crippen molar-refractivity contribution >= 4 is 34.1 Å². The third-order valence-corrected chi connectivity index (χ3v) is 5.28. The molecule has 0 saturated carbocycles. The number of nitrogens with two attached hydrogens (primary N) is 1. The summed E-state index contributed by atoms with van der Waals surface area (Å²) in [4.78, 5) is 30.7. The number of carbonyl (C=O) groups excluding carboxylic acids is 2. The number of likely N-dealkylation sites (tertiary alicyclic amines) is 1. The molecule has 1 saturated heterocycles. The number of fused-ring (bicyclic) bond motifs is 1. The van der Waals surface area contributed by atoms with Crippen molar-refractivity contribution in [1.29, 1.82) is 0 Å². The normalized spacial score (nSPS) is 13.7. The number of hydrogen-bond donors (Lipinski definition) is 3. The molecule has 2 heterocycles. The average molecular weight is 407 g/mol. The molecule has 1 aliphatic rings. The topological polar surface area (TPSA) is 100 Å². The zero-order valence-electron chi connectivity index (χ0n) is 16.5. The molecule has 0 bridgehead atoms. The van der Waals surface area contributed by atoms with Gasteiger partial charge in [-0.1, -0.05) is 24.3 Å². The first kappa shape index (κ1) is 19.6. The predicted octanol–water partition coefficient (Wildman–Crippen LogP) is 3.34. The average Bonchev–Trinajstić information content (AvgIpc) is 2.71. The van der Waals surface area contributed by atoms with E-state index in [2.05, 4.69) is 15.6 Å².